The average molecular weight is 386 g/mol. The number of benzene rings is 3. The quantitative estimate of drug-likeness (QED) is 0.500. The van der Waals surface area contributed by atoms with Crippen LogP contribution < -0.4 is 10.1 Å². The molecule has 4 aromatic rings. The highest BCUT2D eigenvalue weighted by Gasteiger charge is 2.19. The van der Waals surface area contributed by atoms with Crippen LogP contribution in [0.5, 0.6) is 5.75 Å². The van der Waals surface area contributed by atoms with E-state index >= 15 is 0 Å². The van der Waals surface area contributed by atoms with Gasteiger partial charge in [0, 0.05) is 6.20 Å². The van der Waals surface area contributed by atoms with Crippen LogP contribution in [0.1, 0.15) is 17.3 Å². The molecule has 29 heavy (non-hydrogen) atoms. The molecule has 0 aliphatic carbocycles. The highest BCUT2D eigenvalue weighted by molar-refractivity contribution is 5.80. The molecule has 1 heterocycles. The number of hydrogen-bond acceptors (Lipinski definition) is 3. The largest absolute Gasteiger partial charge is 0.497 e. The number of carbonyl (C=O) groups is 1. The fraction of sp³-hybridized carbons (Fsp3) is 0.125. The van der Waals surface area contributed by atoms with E-state index in [0.717, 1.165) is 27.8 Å². The minimum atomic E-state index is -0.479. The van der Waals surface area contributed by atoms with Crippen molar-refractivity contribution in [3.8, 4) is 5.75 Å². The van der Waals surface area contributed by atoms with E-state index in [9.17, 15) is 4.79 Å². The van der Waals surface area contributed by atoms with Crippen LogP contribution in [0.2, 0.25) is 0 Å². The van der Waals surface area contributed by atoms with Crippen LogP contribution in [0.3, 0.4) is 0 Å². The first-order valence-corrected chi connectivity index (χ1v) is 9.41. The Morgan fingerprint density at radius 3 is 2.41 bits per heavy atom. The highest BCUT2D eigenvalue weighted by Crippen LogP contribution is 2.25. The first kappa shape index (κ1) is 18.6. The number of carbonyl (C=O) groups excluding carboxylic acids is 1. The second-order valence-corrected chi connectivity index (χ2v) is 6.66. The fourth-order valence-electron chi connectivity index (χ4n) is 3.31. The molecule has 5 heteroatoms. The molecule has 3 aromatic carbocycles. The minimum Gasteiger partial charge on any atom is -0.497 e. The van der Waals surface area contributed by atoms with Gasteiger partial charge in [0.05, 0.1) is 12.6 Å². The van der Waals surface area contributed by atoms with E-state index in [4.69, 9.17) is 9.47 Å². The lowest BCUT2D eigenvalue weighted by Gasteiger charge is -2.22. The van der Waals surface area contributed by atoms with Crippen LogP contribution in [-0.2, 0) is 11.3 Å². The lowest BCUT2D eigenvalue weighted by Crippen LogP contribution is -2.33. The molecule has 0 bridgehead atoms. The van der Waals surface area contributed by atoms with Crippen LogP contribution in [-0.4, -0.2) is 17.8 Å². The van der Waals surface area contributed by atoms with Gasteiger partial charge in [-0.2, -0.15) is 0 Å². The molecule has 146 valence electrons. The van der Waals surface area contributed by atoms with Crippen molar-refractivity contribution >= 4 is 17.0 Å². The zero-order chi connectivity index (χ0) is 20.1. The number of alkyl carbamates (subject to hydrolysis) is 1. The first-order valence-electron chi connectivity index (χ1n) is 9.41. The lowest BCUT2D eigenvalue weighted by atomic mass is 10.1. The zero-order valence-electron chi connectivity index (χ0n) is 16.1. The Kier molecular flexibility index (Phi) is 5.47. The maximum atomic E-state index is 12.6. The van der Waals surface area contributed by atoms with Gasteiger partial charge in [-0.15, -0.1) is 0 Å². The number of fused-ring (bicyclic) bond motifs is 1. The zero-order valence-corrected chi connectivity index (χ0v) is 16.1. The Labute approximate surface area is 169 Å². The van der Waals surface area contributed by atoms with Gasteiger partial charge in [-0.3, -0.25) is 5.32 Å². The number of methoxy groups -OCH3 is 1. The monoisotopic (exact) mass is 386 g/mol. The molecule has 4 rings (SSSR count). The molecule has 1 aromatic heterocycles. The van der Waals surface area contributed by atoms with Gasteiger partial charge in [0.15, 0.2) is 0 Å². The molecule has 0 aliphatic rings. The summed E-state index contributed by atoms with van der Waals surface area (Å²) in [5.41, 5.74) is 2.88. The third kappa shape index (κ3) is 4.24. The summed E-state index contributed by atoms with van der Waals surface area (Å²) in [5.74, 6) is 0.761. The number of amides is 1. The van der Waals surface area contributed by atoms with Crippen molar-refractivity contribution in [3.05, 3.63) is 102 Å². The molecule has 0 radical (unpaired) electrons. The predicted octanol–water partition coefficient (Wildman–Crippen LogP) is 5.12. The summed E-state index contributed by atoms with van der Waals surface area (Å²) in [6.45, 7) is 0.217. The second-order valence-electron chi connectivity index (χ2n) is 6.66. The van der Waals surface area contributed by atoms with Gasteiger partial charge in [-0.1, -0.05) is 60.7 Å². The summed E-state index contributed by atoms with van der Waals surface area (Å²) in [5, 5.41) is 4.10. The molecule has 0 saturated heterocycles. The third-order valence-corrected chi connectivity index (χ3v) is 4.81. The predicted molar refractivity (Wildman–Crippen MR) is 113 cm³/mol. The molecule has 5 nitrogen and oxygen atoms in total. The molecule has 1 N–H and O–H groups in total. The second kappa shape index (κ2) is 8.52. The molecule has 1 amide bonds. The van der Waals surface area contributed by atoms with Gasteiger partial charge in [0.1, 0.15) is 18.5 Å². The summed E-state index contributed by atoms with van der Waals surface area (Å²) in [6.07, 6.45) is 1.08. The summed E-state index contributed by atoms with van der Waals surface area (Å²) in [7, 11) is 1.63. The molecule has 0 spiro atoms. The van der Waals surface area contributed by atoms with Gasteiger partial charge in [0.2, 0.25) is 0 Å². The Bertz CT molecular complexity index is 1090. The summed E-state index contributed by atoms with van der Waals surface area (Å²) in [4.78, 5) is 12.6. The van der Waals surface area contributed by atoms with Crippen molar-refractivity contribution < 1.29 is 14.3 Å². The molecule has 0 aliphatic heterocycles. The molecule has 0 fully saturated rings. The fourth-order valence-corrected chi connectivity index (χ4v) is 3.31. The first-order chi connectivity index (χ1) is 14.2. The standard InChI is InChI=1S/C24H22N2O3/c1-28-21-13-11-20(12-14-21)23(26-16-15-19-9-5-6-10-22(19)26)25-24(27)29-17-18-7-3-2-4-8-18/h2-16,23H,17H2,1H3,(H,25,27). The van der Waals surface area contributed by atoms with E-state index in [0.29, 0.717) is 0 Å². The van der Waals surface area contributed by atoms with E-state index in [-0.39, 0.29) is 6.61 Å². The van der Waals surface area contributed by atoms with Gasteiger partial charge in [-0.25, -0.2) is 4.79 Å². The molecule has 1 atom stereocenters. The minimum absolute atomic E-state index is 0.217. The maximum Gasteiger partial charge on any atom is 0.409 e. The number of nitrogens with zero attached hydrogens (tertiary/aromatic N) is 1. The number of para-hydroxylation sites is 1. The summed E-state index contributed by atoms with van der Waals surface area (Å²) in [6, 6.07) is 27.3. The van der Waals surface area contributed by atoms with Crippen molar-refractivity contribution in [2.24, 2.45) is 0 Å². The van der Waals surface area contributed by atoms with E-state index in [1.54, 1.807) is 7.11 Å². The number of hydrogen-bond donors (Lipinski definition) is 1. The van der Waals surface area contributed by atoms with Crippen LogP contribution in [0.4, 0.5) is 4.79 Å². The molecule has 0 saturated carbocycles. The van der Waals surface area contributed by atoms with Crippen LogP contribution in [0, 0.1) is 0 Å². The SMILES string of the molecule is COc1ccc(C(NC(=O)OCc2ccccc2)n2ccc3ccccc32)cc1. The van der Waals surface area contributed by atoms with E-state index < -0.39 is 12.3 Å². The third-order valence-electron chi connectivity index (χ3n) is 4.81. The van der Waals surface area contributed by atoms with Crippen LogP contribution in [0.15, 0.2) is 91.1 Å². The van der Waals surface area contributed by atoms with Gasteiger partial charge >= 0.3 is 6.09 Å². The van der Waals surface area contributed by atoms with Crippen LogP contribution in [0.25, 0.3) is 10.9 Å². The van der Waals surface area contributed by atoms with Crippen molar-refractivity contribution in [2.75, 3.05) is 7.11 Å². The number of ether oxygens (including phenoxy) is 2. The van der Waals surface area contributed by atoms with E-state index in [1.165, 1.54) is 0 Å². The normalized spacial score (nSPS) is 11.8. The lowest BCUT2D eigenvalue weighted by molar-refractivity contribution is 0.134. The van der Waals surface area contributed by atoms with Crippen molar-refractivity contribution in [3.63, 3.8) is 0 Å². The number of rotatable bonds is 6. The topological polar surface area (TPSA) is 52.5 Å². The summed E-state index contributed by atoms with van der Waals surface area (Å²) >= 11 is 0. The van der Waals surface area contributed by atoms with Gasteiger partial charge in [0.25, 0.3) is 0 Å². The molecular weight excluding hydrogens is 364 g/mol. The average Bonchev–Trinajstić information content (AvgIpc) is 3.21. The number of nitrogens with one attached hydrogen (secondary N) is 1. The van der Waals surface area contributed by atoms with Crippen molar-refractivity contribution in [1.29, 1.82) is 0 Å². The summed E-state index contributed by atoms with van der Waals surface area (Å²) < 4.78 is 12.7. The van der Waals surface area contributed by atoms with Crippen molar-refractivity contribution in [1.82, 2.24) is 9.88 Å². The van der Waals surface area contributed by atoms with Gasteiger partial charge < -0.3 is 14.0 Å². The molecule has 1 unspecified atom stereocenters. The van der Waals surface area contributed by atoms with E-state index in [2.05, 4.69) is 5.32 Å². The van der Waals surface area contributed by atoms with Crippen molar-refractivity contribution in [2.45, 2.75) is 12.8 Å². The molecular formula is C24H22N2O3. The maximum absolute atomic E-state index is 12.6. The van der Waals surface area contributed by atoms with Gasteiger partial charge in [-0.05, 0) is 40.8 Å². The smallest absolute Gasteiger partial charge is 0.409 e. The Hall–Kier alpha value is -3.73. The Morgan fingerprint density at radius 2 is 1.66 bits per heavy atom. The highest BCUT2D eigenvalue weighted by atomic mass is 16.5. The Balaban J connectivity index is 1.60. The Morgan fingerprint density at radius 1 is 0.931 bits per heavy atom. The number of aromatic nitrogens is 1. The van der Waals surface area contributed by atoms with E-state index in [1.807, 2.05) is 95.7 Å². The van der Waals surface area contributed by atoms with Crippen LogP contribution >= 0.6 is 0 Å².